The quantitative estimate of drug-likeness (QED) is 0.0869. The number of rotatable bonds is 11. The topological polar surface area (TPSA) is 119 Å². The van der Waals surface area contributed by atoms with Crippen LogP contribution in [-0.4, -0.2) is 73.0 Å². The average Bonchev–Trinajstić information content (AvgIpc) is 3.49. The molecule has 9 nitrogen and oxygen atoms in total. The van der Waals surface area contributed by atoms with Gasteiger partial charge in [0.25, 0.3) is 0 Å². The zero-order valence-electron chi connectivity index (χ0n) is 25.3. The molecule has 2 atom stereocenters. The predicted octanol–water partition coefficient (Wildman–Crippen LogP) is 6.17. The van der Waals surface area contributed by atoms with Gasteiger partial charge in [0, 0.05) is 43.2 Å². The second-order valence-corrected chi connectivity index (χ2v) is 11.9. The Labute approximate surface area is 254 Å². The summed E-state index contributed by atoms with van der Waals surface area (Å²) < 4.78 is 46.4. The fraction of sp³-hybridized carbons (Fsp3) is 0.533. The molecule has 0 saturated heterocycles. The summed E-state index contributed by atoms with van der Waals surface area (Å²) in [5.41, 5.74) is 1.45. The maximum Gasteiger partial charge on any atom is 0.393 e. The van der Waals surface area contributed by atoms with Gasteiger partial charge >= 0.3 is 6.18 Å². The van der Waals surface area contributed by atoms with Crippen LogP contribution in [0.25, 0.3) is 20.8 Å². The molecule has 3 aromatic rings. The summed E-state index contributed by atoms with van der Waals surface area (Å²) in [4.78, 5) is 16.8. The minimum atomic E-state index is -4.34. The first-order chi connectivity index (χ1) is 20.5. The van der Waals surface area contributed by atoms with E-state index in [-0.39, 0.29) is 17.4 Å². The lowest BCUT2D eigenvalue weighted by molar-refractivity contribution is -0.126. The van der Waals surface area contributed by atoms with Gasteiger partial charge in [0.1, 0.15) is 0 Å². The molecular formula is C30H42F3N7O2S. The molecule has 2 heterocycles. The van der Waals surface area contributed by atoms with Gasteiger partial charge in [-0.25, -0.2) is 0 Å². The molecule has 4 N–H and O–H groups in total. The highest BCUT2D eigenvalue weighted by atomic mass is 32.1. The van der Waals surface area contributed by atoms with Crippen molar-refractivity contribution in [3.8, 4) is 10.7 Å². The molecule has 2 unspecified atom stereocenters. The van der Waals surface area contributed by atoms with Crippen LogP contribution in [0.5, 0.6) is 0 Å². The molecule has 1 saturated carbocycles. The summed E-state index contributed by atoms with van der Waals surface area (Å²) in [6, 6.07) is 6.57. The number of nitrogens with zero attached hydrogens (tertiary/aromatic N) is 3. The molecule has 13 heteroatoms. The summed E-state index contributed by atoms with van der Waals surface area (Å²) >= 11 is 1.29. The Balaban J connectivity index is 0.000000393. The highest BCUT2D eigenvalue weighted by Crippen LogP contribution is 2.43. The fourth-order valence-electron chi connectivity index (χ4n) is 4.87. The van der Waals surface area contributed by atoms with Crippen molar-refractivity contribution in [1.29, 1.82) is 5.41 Å². The van der Waals surface area contributed by atoms with Crippen LogP contribution in [0.15, 0.2) is 34.5 Å². The molecule has 4 rings (SSSR count). The van der Waals surface area contributed by atoms with Crippen LogP contribution in [0, 0.1) is 5.41 Å². The number of carbonyl (C=O) groups is 1. The molecule has 0 aliphatic heterocycles. The third kappa shape index (κ3) is 9.87. The van der Waals surface area contributed by atoms with Crippen LogP contribution in [0.4, 0.5) is 18.9 Å². The molecule has 236 valence electrons. The average molecular weight is 622 g/mol. The standard InChI is InChI=1S/C22H28F3N5OS.C8H14N2O/c1-26-12-18-29-21(30-31-18)20-16(11-22(23,24)25)15-8-5-9-17(19(15)32-20)28-14-7-4-3-6-13(10-14)27-2;1-7(2)10(3)5-8(4-9)6-11/h5,8-9,13-14,26-28H,3-4,6-7,10-12H2,1-2H3;4-7,9H,1-3H3/b;8-5+,9-4?. The Hall–Kier alpha value is -3.29. The number of alkyl halides is 3. The van der Waals surface area contributed by atoms with Crippen molar-refractivity contribution < 1.29 is 22.5 Å². The number of nitrogens with one attached hydrogen (secondary N) is 4. The van der Waals surface area contributed by atoms with Crippen LogP contribution in [0.2, 0.25) is 0 Å². The second kappa shape index (κ2) is 16.0. The molecule has 1 aromatic carbocycles. The first-order valence-electron chi connectivity index (χ1n) is 14.4. The van der Waals surface area contributed by atoms with E-state index in [1.807, 2.05) is 45.0 Å². The maximum absolute atomic E-state index is 13.5. The van der Waals surface area contributed by atoms with Crippen molar-refractivity contribution in [3.05, 3.63) is 41.4 Å². The van der Waals surface area contributed by atoms with E-state index in [2.05, 4.69) is 26.1 Å². The number of benzene rings is 1. The third-order valence-electron chi connectivity index (χ3n) is 7.36. The van der Waals surface area contributed by atoms with E-state index >= 15 is 0 Å². The minimum Gasteiger partial charge on any atom is -0.381 e. The summed E-state index contributed by atoms with van der Waals surface area (Å²) in [6.07, 6.45) is 3.49. The number of thiophene rings is 1. The highest BCUT2D eigenvalue weighted by molar-refractivity contribution is 7.23. The Bertz CT molecular complexity index is 1360. The van der Waals surface area contributed by atoms with E-state index in [1.165, 1.54) is 17.8 Å². The summed E-state index contributed by atoms with van der Waals surface area (Å²) in [5.74, 6) is 0.541. The lowest BCUT2D eigenvalue weighted by Crippen LogP contribution is -2.31. The van der Waals surface area contributed by atoms with Gasteiger partial charge in [0.15, 0.2) is 6.29 Å². The monoisotopic (exact) mass is 621 g/mol. The highest BCUT2D eigenvalue weighted by Gasteiger charge is 2.33. The Morgan fingerprint density at radius 3 is 2.56 bits per heavy atom. The van der Waals surface area contributed by atoms with E-state index in [4.69, 9.17) is 9.93 Å². The smallest absolute Gasteiger partial charge is 0.381 e. The van der Waals surface area contributed by atoms with Gasteiger partial charge in [-0.05, 0) is 64.2 Å². The van der Waals surface area contributed by atoms with Crippen molar-refractivity contribution in [1.82, 2.24) is 25.7 Å². The molecular weight excluding hydrogens is 579 g/mol. The van der Waals surface area contributed by atoms with Crippen LogP contribution in [0.3, 0.4) is 0 Å². The molecule has 0 spiro atoms. The summed E-state index contributed by atoms with van der Waals surface area (Å²) in [5, 5.41) is 21.3. The molecule has 2 aromatic heterocycles. The van der Waals surface area contributed by atoms with Gasteiger partial charge in [-0.15, -0.1) is 11.3 Å². The van der Waals surface area contributed by atoms with Crippen molar-refractivity contribution in [3.63, 3.8) is 0 Å². The molecule has 0 radical (unpaired) electrons. The Kier molecular flexibility index (Phi) is 12.7. The molecule has 1 aliphatic carbocycles. The number of anilines is 1. The van der Waals surface area contributed by atoms with Crippen LogP contribution < -0.4 is 16.0 Å². The SMILES string of the molecule is CC(C)N(C)/C=C(\C=N)C=O.CNCc1nc(-c2sc3c(NC4CCCCC(NC)C4)cccc3c2CC(F)(F)F)no1. The number of allylic oxidation sites excluding steroid dienone is 1. The van der Waals surface area contributed by atoms with Crippen molar-refractivity contribution in [2.24, 2.45) is 0 Å². The molecule has 1 fully saturated rings. The van der Waals surface area contributed by atoms with Gasteiger partial charge in [-0.2, -0.15) is 18.2 Å². The normalized spacial score (nSPS) is 17.7. The van der Waals surface area contributed by atoms with E-state index in [0.29, 0.717) is 46.6 Å². The van der Waals surface area contributed by atoms with Gasteiger partial charge in [-0.1, -0.05) is 30.1 Å². The number of carbonyl (C=O) groups excluding carboxylic acids is 1. The van der Waals surface area contributed by atoms with Crippen molar-refractivity contribution in [2.45, 2.75) is 83.2 Å². The van der Waals surface area contributed by atoms with Crippen LogP contribution in [0.1, 0.15) is 57.4 Å². The number of hydrogen-bond acceptors (Lipinski definition) is 10. The zero-order chi connectivity index (χ0) is 31.6. The Morgan fingerprint density at radius 1 is 1.23 bits per heavy atom. The lowest BCUT2D eigenvalue weighted by Gasteiger charge is -2.22. The molecule has 0 bridgehead atoms. The Morgan fingerprint density at radius 2 is 1.95 bits per heavy atom. The summed E-state index contributed by atoms with van der Waals surface area (Å²) in [7, 11) is 5.59. The van der Waals surface area contributed by atoms with E-state index in [1.54, 1.807) is 19.3 Å². The lowest BCUT2D eigenvalue weighted by atomic mass is 10.0. The van der Waals surface area contributed by atoms with Gasteiger partial charge in [0.2, 0.25) is 11.7 Å². The number of hydrogen-bond donors (Lipinski definition) is 4. The number of aromatic nitrogens is 2. The van der Waals surface area contributed by atoms with Crippen LogP contribution >= 0.6 is 11.3 Å². The fourth-order valence-corrected chi connectivity index (χ4v) is 6.09. The van der Waals surface area contributed by atoms with Crippen molar-refractivity contribution >= 4 is 39.6 Å². The summed E-state index contributed by atoms with van der Waals surface area (Å²) in [6.45, 7) is 4.39. The number of halogens is 3. The van der Waals surface area contributed by atoms with E-state index < -0.39 is 12.6 Å². The van der Waals surface area contributed by atoms with Crippen LogP contribution in [-0.2, 0) is 17.8 Å². The molecule has 1 aliphatic rings. The number of fused-ring (bicyclic) bond motifs is 1. The van der Waals surface area contributed by atoms with Gasteiger partial charge < -0.3 is 30.8 Å². The number of aldehydes is 1. The molecule has 0 amide bonds. The third-order valence-corrected chi connectivity index (χ3v) is 8.63. The van der Waals surface area contributed by atoms with Gasteiger partial charge in [0.05, 0.1) is 28.2 Å². The second-order valence-electron chi connectivity index (χ2n) is 10.9. The van der Waals surface area contributed by atoms with Crippen molar-refractivity contribution in [2.75, 3.05) is 26.5 Å². The predicted molar refractivity (Wildman–Crippen MR) is 167 cm³/mol. The van der Waals surface area contributed by atoms with E-state index in [9.17, 15) is 18.0 Å². The maximum atomic E-state index is 13.5. The first-order valence-corrected chi connectivity index (χ1v) is 15.2. The minimum absolute atomic E-state index is 0.200. The first kappa shape index (κ1) is 34.2. The largest absolute Gasteiger partial charge is 0.393 e. The van der Waals surface area contributed by atoms with E-state index in [0.717, 1.165) is 42.3 Å². The zero-order valence-corrected chi connectivity index (χ0v) is 26.2. The molecule has 43 heavy (non-hydrogen) atoms. The van der Waals surface area contributed by atoms with Gasteiger partial charge in [-0.3, -0.25) is 4.79 Å².